The van der Waals surface area contributed by atoms with E-state index in [4.69, 9.17) is 0 Å². The average Bonchev–Trinajstić information content (AvgIpc) is 3.17. The second-order valence-corrected chi connectivity index (χ2v) is 15.9. The molecule has 53 heavy (non-hydrogen) atoms. The Morgan fingerprint density at radius 2 is 1.15 bits per heavy atom. The van der Waals surface area contributed by atoms with Gasteiger partial charge in [0.2, 0.25) is 0 Å². The number of hydrogen-bond acceptors (Lipinski definition) is 8. The van der Waals surface area contributed by atoms with Crippen LogP contribution >= 0.6 is 21.6 Å². The van der Waals surface area contributed by atoms with E-state index in [0.29, 0.717) is 0 Å². The van der Waals surface area contributed by atoms with E-state index in [1.807, 2.05) is 72.0 Å². The summed E-state index contributed by atoms with van der Waals surface area (Å²) in [6, 6.07) is 17.6. The van der Waals surface area contributed by atoms with Gasteiger partial charge in [-0.3, -0.25) is 4.99 Å². The number of benzene rings is 2. The Bertz CT molecular complexity index is 1430. The number of allylic oxidation sites excluding steroid dienone is 7. The lowest BCUT2D eigenvalue weighted by Gasteiger charge is -2.22. The van der Waals surface area contributed by atoms with Crippen LogP contribution in [0.5, 0.6) is 0 Å². The number of likely N-dealkylation sites (N-methyl/N-ethyl adjacent to an activating group) is 1. The molecule has 2 aromatic carbocycles. The van der Waals surface area contributed by atoms with Crippen LogP contribution in [0.4, 0.5) is 11.4 Å². The van der Waals surface area contributed by atoms with Gasteiger partial charge in [-0.05, 0) is 121 Å². The van der Waals surface area contributed by atoms with E-state index in [-0.39, 0.29) is 0 Å². The largest absolute Gasteiger partial charge is 0.375 e. The second kappa shape index (κ2) is 29.0. The van der Waals surface area contributed by atoms with E-state index in [0.717, 1.165) is 64.5 Å². The molecule has 2 aromatic rings. The number of nitrogens with zero attached hydrogens (tertiary/aromatic N) is 6. The fourth-order valence-electron chi connectivity index (χ4n) is 5.42. The maximum Gasteiger partial charge on any atom is 0.0364 e. The van der Waals surface area contributed by atoms with Crippen molar-refractivity contribution < 1.29 is 0 Å². The van der Waals surface area contributed by atoms with E-state index in [2.05, 4.69) is 150 Å². The number of hydrogen-bond donors (Lipinski definition) is 0. The molecule has 0 amide bonds. The number of aliphatic imine (C=N–C) groups is 1. The zero-order valence-corrected chi connectivity index (χ0v) is 35.5. The van der Waals surface area contributed by atoms with Crippen LogP contribution in [0.1, 0.15) is 51.2 Å². The molecule has 0 N–H and O–H groups in total. The molecule has 0 fully saturated rings. The molecular formula is C45H68N6S2. The summed E-state index contributed by atoms with van der Waals surface area (Å²) in [5.74, 6) is 2.34. The Kier molecular flexibility index (Phi) is 25.0. The fraction of sp³-hybridized carbons (Fsp3) is 0.444. The highest BCUT2D eigenvalue weighted by Gasteiger charge is 2.06. The molecule has 290 valence electrons. The van der Waals surface area contributed by atoms with Gasteiger partial charge in [0, 0.05) is 88.2 Å². The van der Waals surface area contributed by atoms with Crippen molar-refractivity contribution in [1.29, 1.82) is 0 Å². The van der Waals surface area contributed by atoms with E-state index in [1.54, 1.807) is 0 Å². The van der Waals surface area contributed by atoms with Gasteiger partial charge in [0.1, 0.15) is 0 Å². The smallest absolute Gasteiger partial charge is 0.0364 e. The predicted octanol–water partition coefficient (Wildman–Crippen LogP) is 10.3. The molecule has 0 atom stereocenters. The Hall–Kier alpha value is -3.43. The van der Waals surface area contributed by atoms with Gasteiger partial charge < -0.3 is 24.5 Å². The number of rotatable bonds is 28. The standard InChI is InChI=1S/C45H68N6S2/c1-9-32-51(11-3)41(4)21-22-43-25-29-45(30-26-43)50(8)36-19-34-48(6)38-40-53-52-39-37-47(5)33-17-18-35-49(7)44-27-23-42(24-28-44)20-15-13-12-14-16-31-46-10-2/h9,12-16,20-32H,4,10-11,17-19,33-40H2,1-3,5-8H3/b13-12+,16-14-,20-15+,22-21+,32-9-,46-31+. The summed E-state index contributed by atoms with van der Waals surface area (Å²) >= 11 is 0. The topological polar surface area (TPSA) is 28.6 Å². The lowest BCUT2D eigenvalue weighted by Crippen LogP contribution is -2.27. The molecule has 0 spiro atoms. The van der Waals surface area contributed by atoms with Crippen LogP contribution in [-0.4, -0.2) is 113 Å². The van der Waals surface area contributed by atoms with Crippen LogP contribution in [0.15, 0.2) is 115 Å². The van der Waals surface area contributed by atoms with E-state index < -0.39 is 0 Å². The van der Waals surface area contributed by atoms with Crippen molar-refractivity contribution in [3.8, 4) is 0 Å². The highest BCUT2D eigenvalue weighted by molar-refractivity contribution is 8.76. The summed E-state index contributed by atoms with van der Waals surface area (Å²) in [5.41, 5.74) is 5.93. The first-order valence-corrected chi connectivity index (χ1v) is 21.8. The SMILES string of the molecule is C=C(/C=C/c1ccc(N(C)CCCN(C)CCSSCCN(C)CCCCN(C)c2ccc(/C=C/C=C/C=C\C=N\CC)cc2)cc1)N(/C=C\C)CC. The number of anilines is 2. The second-order valence-electron chi connectivity index (χ2n) is 13.2. The van der Waals surface area contributed by atoms with E-state index in [1.165, 1.54) is 46.8 Å². The van der Waals surface area contributed by atoms with E-state index in [9.17, 15) is 0 Å². The maximum atomic E-state index is 4.19. The first-order chi connectivity index (χ1) is 25.8. The van der Waals surface area contributed by atoms with Crippen LogP contribution in [0, 0.1) is 0 Å². The van der Waals surface area contributed by atoms with Crippen molar-refractivity contribution in [2.75, 3.05) is 102 Å². The molecule has 0 radical (unpaired) electrons. The van der Waals surface area contributed by atoms with Gasteiger partial charge in [-0.1, -0.05) is 95.0 Å². The van der Waals surface area contributed by atoms with Crippen LogP contribution < -0.4 is 9.80 Å². The molecular weight excluding hydrogens is 689 g/mol. The molecule has 0 saturated heterocycles. The summed E-state index contributed by atoms with van der Waals surface area (Å²) in [7, 11) is 12.9. The molecule has 0 bridgehead atoms. The minimum Gasteiger partial charge on any atom is -0.375 e. The van der Waals surface area contributed by atoms with Crippen molar-refractivity contribution in [2.45, 2.75) is 40.0 Å². The minimum atomic E-state index is 0.820. The Labute approximate surface area is 332 Å². The highest BCUT2D eigenvalue weighted by Crippen LogP contribution is 2.21. The summed E-state index contributed by atoms with van der Waals surface area (Å²) in [4.78, 5) is 16.0. The van der Waals surface area contributed by atoms with Crippen LogP contribution in [-0.2, 0) is 0 Å². The summed E-state index contributed by atoms with van der Waals surface area (Å²) < 4.78 is 0. The Morgan fingerprint density at radius 3 is 1.72 bits per heavy atom. The van der Waals surface area contributed by atoms with Gasteiger partial charge in [0.15, 0.2) is 0 Å². The third-order valence-corrected chi connectivity index (χ3v) is 11.2. The molecule has 0 heterocycles. The average molecular weight is 757 g/mol. The van der Waals surface area contributed by atoms with Crippen molar-refractivity contribution in [1.82, 2.24) is 14.7 Å². The third-order valence-electron chi connectivity index (χ3n) is 8.79. The molecule has 6 nitrogen and oxygen atoms in total. The predicted molar refractivity (Wildman–Crippen MR) is 245 cm³/mol. The summed E-state index contributed by atoms with van der Waals surface area (Å²) in [5, 5.41) is 0. The molecule has 0 aromatic heterocycles. The van der Waals surface area contributed by atoms with Gasteiger partial charge in [0.05, 0.1) is 0 Å². The zero-order valence-electron chi connectivity index (χ0n) is 33.9. The summed E-state index contributed by atoms with van der Waals surface area (Å²) in [6.07, 6.45) is 25.9. The maximum absolute atomic E-state index is 4.19. The van der Waals surface area contributed by atoms with Gasteiger partial charge in [-0.2, -0.15) is 0 Å². The molecule has 0 saturated carbocycles. The highest BCUT2D eigenvalue weighted by atomic mass is 33.1. The van der Waals surface area contributed by atoms with Gasteiger partial charge >= 0.3 is 0 Å². The fourth-order valence-corrected chi connectivity index (χ4v) is 7.58. The van der Waals surface area contributed by atoms with Crippen LogP contribution in [0.3, 0.4) is 0 Å². The Morgan fingerprint density at radius 1 is 0.642 bits per heavy atom. The van der Waals surface area contributed by atoms with E-state index >= 15 is 0 Å². The summed E-state index contributed by atoms with van der Waals surface area (Å²) in [6.45, 7) is 18.8. The monoisotopic (exact) mass is 756 g/mol. The normalized spacial score (nSPS) is 12.4. The van der Waals surface area contributed by atoms with Gasteiger partial charge in [-0.15, -0.1) is 0 Å². The quantitative estimate of drug-likeness (QED) is 0.0370. The van der Waals surface area contributed by atoms with Crippen molar-refractivity contribution in [3.05, 3.63) is 121 Å². The lowest BCUT2D eigenvalue weighted by molar-refractivity contribution is 0.347. The van der Waals surface area contributed by atoms with Crippen molar-refractivity contribution in [3.63, 3.8) is 0 Å². The molecule has 0 aliphatic rings. The number of unbranched alkanes of at least 4 members (excludes halogenated alkanes) is 1. The molecule has 0 unspecified atom stereocenters. The lowest BCUT2D eigenvalue weighted by atomic mass is 10.1. The minimum absolute atomic E-state index is 0.820. The molecule has 0 aliphatic carbocycles. The van der Waals surface area contributed by atoms with Gasteiger partial charge in [0.25, 0.3) is 0 Å². The zero-order chi connectivity index (χ0) is 38.5. The first-order valence-electron chi connectivity index (χ1n) is 19.3. The molecule has 8 heteroatoms. The Balaban J connectivity index is 1.50. The van der Waals surface area contributed by atoms with Crippen LogP contribution in [0.25, 0.3) is 12.2 Å². The van der Waals surface area contributed by atoms with Crippen LogP contribution in [0.2, 0.25) is 0 Å². The first kappa shape index (κ1) is 45.7. The van der Waals surface area contributed by atoms with Crippen molar-refractivity contribution in [2.24, 2.45) is 4.99 Å². The van der Waals surface area contributed by atoms with Crippen molar-refractivity contribution >= 4 is 51.3 Å². The molecule has 0 aliphatic heterocycles. The molecule has 2 rings (SSSR count). The third kappa shape index (κ3) is 21.2. The van der Waals surface area contributed by atoms with Gasteiger partial charge in [-0.25, -0.2) is 0 Å².